The third-order valence-electron chi connectivity index (χ3n) is 3.79. The average molecular weight is 246 g/mol. The first kappa shape index (κ1) is 13.4. The first-order valence-electron chi connectivity index (χ1n) is 7.26. The molecule has 0 aromatic heterocycles. The van der Waals surface area contributed by atoms with Crippen LogP contribution in [0.2, 0.25) is 0 Å². The van der Waals surface area contributed by atoms with Crippen molar-refractivity contribution < 1.29 is 0 Å². The normalized spacial score (nSPS) is 16.8. The fourth-order valence-corrected chi connectivity index (χ4v) is 2.76. The van der Waals surface area contributed by atoms with E-state index in [2.05, 4.69) is 55.3 Å². The van der Waals surface area contributed by atoms with Gasteiger partial charge in [0.05, 0.1) is 0 Å². The van der Waals surface area contributed by atoms with Crippen LogP contribution in [-0.4, -0.2) is 25.2 Å². The molecule has 0 bridgehead atoms. The van der Waals surface area contributed by atoms with Gasteiger partial charge in [0.1, 0.15) is 0 Å². The molecule has 18 heavy (non-hydrogen) atoms. The van der Waals surface area contributed by atoms with Crippen LogP contribution in [0.25, 0.3) is 0 Å². The monoisotopic (exact) mass is 246 g/mol. The molecule has 0 amide bonds. The van der Waals surface area contributed by atoms with Gasteiger partial charge in [-0.3, -0.25) is 0 Å². The largest absolute Gasteiger partial charge is 0.369 e. The van der Waals surface area contributed by atoms with Gasteiger partial charge in [0.2, 0.25) is 0 Å². The van der Waals surface area contributed by atoms with E-state index in [1.807, 2.05) is 0 Å². The van der Waals surface area contributed by atoms with Gasteiger partial charge < -0.3 is 10.2 Å². The van der Waals surface area contributed by atoms with E-state index in [1.54, 1.807) is 0 Å². The summed E-state index contributed by atoms with van der Waals surface area (Å²) in [6.07, 6.45) is 3.75. The number of nitrogens with zero attached hydrogens (tertiary/aromatic N) is 1. The lowest BCUT2D eigenvalue weighted by atomic mass is 9.99. The smallest absolute Gasteiger partial charge is 0.0401 e. The molecule has 0 fully saturated rings. The summed E-state index contributed by atoms with van der Waals surface area (Å²) in [5, 5.41) is 3.51. The minimum Gasteiger partial charge on any atom is -0.369 e. The van der Waals surface area contributed by atoms with E-state index in [9.17, 15) is 0 Å². The molecule has 0 saturated carbocycles. The van der Waals surface area contributed by atoms with Gasteiger partial charge >= 0.3 is 0 Å². The molecular weight excluding hydrogens is 220 g/mol. The molecule has 1 unspecified atom stereocenters. The fraction of sp³-hybridized carbons (Fsp3) is 0.625. The van der Waals surface area contributed by atoms with Crippen LogP contribution in [0.4, 0.5) is 5.69 Å². The van der Waals surface area contributed by atoms with Gasteiger partial charge in [-0.05, 0) is 44.4 Å². The summed E-state index contributed by atoms with van der Waals surface area (Å²) in [5.74, 6) is 0. The van der Waals surface area contributed by atoms with E-state index in [-0.39, 0.29) is 0 Å². The quantitative estimate of drug-likeness (QED) is 0.858. The lowest BCUT2D eigenvalue weighted by molar-refractivity contribution is 0.505. The van der Waals surface area contributed by atoms with Gasteiger partial charge in [-0.2, -0.15) is 0 Å². The molecule has 0 spiro atoms. The Kier molecular flexibility index (Phi) is 4.65. The molecule has 0 radical (unpaired) electrons. The number of aryl methyl sites for hydroxylation is 1. The summed E-state index contributed by atoms with van der Waals surface area (Å²) >= 11 is 0. The minimum atomic E-state index is 0.589. The Morgan fingerprint density at radius 1 is 1.22 bits per heavy atom. The van der Waals surface area contributed by atoms with Gasteiger partial charge in [-0.15, -0.1) is 0 Å². The van der Waals surface area contributed by atoms with Gasteiger partial charge in [-0.1, -0.05) is 32.0 Å². The van der Waals surface area contributed by atoms with E-state index in [0.29, 0.717) is 12.1 Å². The van der Waals surface area contributed by atoms with Crippen molar-refractivity contribution in [3.8, 4) is 0 Å². The van der Waals surface area contributed by atoms with E-state index in [1.165, 1.54) is 37.1 Å². The number of benzene rings is 1. The molecule has 1 aliphatic rings. The summed E-state index contributed by atoms with van der Waals surface area (Å²) in [4.78, 5) is 2.58. The van der Waals surface area contributed by atoms with E-state index >= 15 is 0 Å². The third kappa shape index (κ3) is 3.26. The summed E-state index contributed by atoms with van der Waals surface area (Å²) in [5.41, 5.74) is 2.98. The second kappa shape index (κ2) is 6.24. The van der Waals surface area contributed by atoms with E-state index in [4.69, 9.17) is 0 Å². The highest BCUT2D eigenvalue weighted by Crippen LogP contribution is 2.28. The number of rotatable bonds is 5. The van der Waals surface area contributed by atoms with Crippen molar-refractivity contribution in [2.24, 2.45) is 0 Å². The molecule has 2 nitrogen and oxygen atoms in total. The average Bonchev–Trinajstić information content (AvgIpc) is 2.37. The second-order valence-electron chi connectivity index (χ2n) is 5.67. The molecular formula is C16H26N2. The van der Waals surface area contributed by atoms with Crippen molar-refractivity contribution in [1.82, 2.24) is 5.32 Å². The standard InChI is InChI=1S/C16H26N2/c1-13(2)17-11-10-14(3)18-12-6-8-15-7-4-5-9-16(15)18/h4-5,7,9,13-14,17H,6,8,10-12H2,1-3H3. The summed E-state index contributed by atoms with van der Waals surface area (Å²) in [6, 6.07) is 10.1. The maximum Gasteiger partial charge on any atom is 0.0401 e. The molecule has 2 heteroatoms. The highest BCUT2D eigenvalue weighted by Gasteiger charge is 2.20. The van der Waals surface area contributed by atoms with Crippen LogP contribution in [0.1, 0.15) is 39.2 Å². The molecule has 0 saturated heterocycles. The van der Waals surface area contributed by atoms with Crippen LogP contribution in [-0.2, 0) is 6.42 Å². The lowest BCUT2D eigenvalue weighted by Gasteiger charge is -2.36. The number of hydrogen-bond donors (Lipinski definition) is 1. The topological polar surface area (TPSA) is 15.3 Å². The van der Waals surface area contributed by atoms with Crippen LogP contribution < -0.4 is 10.2 Å². The Labute approximate surface area is 111 Å². The lowest BCUT2D eigenvalue weighted by Crippen LogP contribution is -2.39. The summed E-state index contributed by atoms with van der Waals surface area (Å²) in [6.45, 7) is 9.09. The molecule has 1 heterocycles. The molecule has 1 aliphatic heterocycles. The number of para-hydroxylation sites is 1. The van der Waals surface area contributed by atoms with Crippen molar-refractivity contribution in [2.45, 2.75) is 52.1 Å². The molecule has 1 atom stereocenters. The molecule has 0 aliphatic carbocycles. The van der Waals surface area contributed by atoms with Gasteiger partial charge in [0, 0.05) is 24.3 Å². The Hall–Kier alpha value is -1.02. The van der Waals surface area contributed by atoms with Crippen molar-refractivity contribution in [3.63, 3.8) is 0 Å². The Balaban J connectivity index is 1.97. The number of nitrogens with one attached hydrogen (secondary N) is 1. The molecule has 1 N–H and O–H groups in total. The molecule has 100 valence electrons. The summed E-state index contributed by atoms with van der Waals surface area (Å²) in [7, 11) is 0. The van der Waals surface area contributed by atoms with E-state index in [0.717, 1.165) is 6.54 Å². The van der Waals surface area contributed by atoms with E-state index < -0.39 is 0 Å². The van der Waals surface area contributed by atoms with Crippen LogP contribution in [0.15, 0.2) is 24.3 Å². The van der Waals surface area contributed by atoms with Crippen molar-refractivity contribution in [1.29, 1.82) is 0 Å². The zero-order chi connectivity index (χ0) is 13.0. The number of fused-ring (bicyclic) bond motifs is 1. The fourth-order valence-electron chi connectivity index (χ4n) is 2.76. The molecule has 1 aromatic carbocycles. The van der Waals surface area contributed by atoms with Crippen molar-refractivity contribution in [3.05, 3.63) is 29.8 Å². The second-order valence-corrected chi connectivity index (χ2v) is 5.67. The Bertz CT molecular complexity index is 373. The highest BCUT2D eigenvalue weighted by molar-refractivity contribution is 5.56. The summed E-state index contributed by atoms with van der Waals surface area (Å²) < 4.78 is 0. The zero-order valence-corrected chi connectivity index (χ0v) is 11.9. The highest BCUT2D eigenvalue weighted by atomic mass is 15.2. The predicted octanol–water partition coefficient (Wildman–Crippen LogP) is 3.22. The molecule has 2 rings (SSSR count). The van der Waals surface area contributed by atoms with Crippen molar-refractivity contribution in [2.75, 3.05) is 18.0 Å². The maximum atomic E-state index is 3.51. The van der Waals surface area contributed by atoms with Crippen LogP contribution >= 0.6 is 0 Å². The third-order valence-corrected chi connectivity index (χ3v) is 3.79. The predicted molar refractivity (Wildman–Crippen MR) is 79.3 cm³/mol. The number of hydrogen-bond acceptors (Lipinski definition) is 2. The van der Waals surface area contributed by atoms with Gasteiger partial charge in [0.15, 0.2) is 0 Å². The Morgan fingerprint density at radius 3 is 2.78 bits per heavy atom. The van der Waals surface area contributed by atoms with Gasteiger partial charge in [0.25, 0.3) is 0 Å². The van der Waals surface area contributed by atoms with Crippen LogP contribution in [0.5, 0.6) is 0 Å². The van der Waals surface area contributed by atoms with Crippen LogP contribution in [0.3, 0.4) is 0 Å². The van der Waals surface area contributed by atoms with Crippen molar-refractivity contribution >= 4 is 5.69 Å². The minimum absolute atomic E-state index is 0.589. The first-order valence-corrected chi connectivity index (χ1v) is 7.26. The van der Waals surface area contributed by atoms with Crippen LogP contribution in [0, 0.1) is 0 Å². The number of anilines is 1. The first-order chi connectivity index (χ1) is 8.68. The van der Waals surface area contributed by atoms with Gasteiger partial charge in [-0.25, -0.2) is 0 Å². The maximum absolute atomic E-state index is 3.51. The molecule has 1 aromatic rings. The SMILES string of the molecule is CC(C)NCCC(C)N1CCCc2ccccc21. The zero-order valence-electron chi connectivity index (χ0n) is 11.9. The Morgan fingerprint density at radius 2 is 2.00 bits per heavy atom.